The first-order valence-corrected chi connectivity index (χ1v) is 7.34. The Morgan fingerprint density at radius 3 is 2.89 bits per heavy atom. The molecule has 0 spiro atoms. The average Bonchev–Trinajstić information content (AvgIpc) is 2.86. The molecule has 2 aliphatic rings. The van der Waals surface area contributed by atoms with Crippen LogP contribution in [0.15, 0.2) is 18.2 Å². The summed E-state index contributed by atoms with van der Waals surface area (Å²) in [4.78, 5) is 2.50. The Labute approximate surface area is 114 Å². The van der Waals surface area contributed by atoms with E-state index in [-0.39, 0.29) is 6.61 Å². The summed E-state index contributed by atoms with van der Waals surface area (Å²) in [6, 6.07) is 6.64. The van der Waals surface area contributed by atoms with Gasteiger partial charge in [0.1, 0.15) is 0 Å². The van der Waals surface area contributed by atoms with Crippen LogP contribution in [0.1, 0.15) is 37.7 Å². The Hall–Kier alpha value is -0.730. The second kappa shape index (κ2) is 5.10. The van der Waals surface area contributed by atoms with Crippen LogP contribution in [0.25, 0.3) is 0 Å². The van der Waals surface area contributed by atoms with Crippen LogP contribution in [0.3, 0.4) is 0 Å². The maximum Gasteiger partial charge on any atom is 0.0716 e. The van der Waals surface area contributed by atoms with Crippen molar-refractivity contribution < 1.29 is 5.11 Å². The molecule has 1 aliphatic heterocycles. The number of anilines is 1. The Morgan fingerprint density at radius 1 is 1.22 bits per heavy atom. The Balaban J connectivity index is 1.96. The number of aliphatic hydroxyl groups is 1. The minimum atomic E-state index is 0.0306. The van der Waals surface area contributed by atoms with Gasteiger partial charge < -0.3 is 10.0 Å². The van der Waals surface area contributed by atoms with Gasteiger partial charge >= 0.3 is 0 Å². The number of aliphatic hydroxyl groups excluding tert-OH is 1. The largest absolute Gasteiger partial charge is 0.392 e. The summed E-state index contributed by atoms with van der Waals surface area (Å²) >= 11 is 6.20. The minimum Gasteiger partial charge on any atom is -0.392 e. The molecule has 0 aromatic heterocycles. The molecule has 3 rings (SSSR count). The van der Waals surface area contributed by atoms with E-state index in [9.17, 15) is 5.11 Å². The molecule has 1 heterocycles. The zero-order valence-corrected chi connectivity index (χ0v) is 11.4. The number of hydrogen-bond donors (Lipinski definition) is 1. The SMILES string of the molecule is OCc1c(Cl)cccc1N1CCCC2CCCC21. The molecule has 0 amide bonds. The summed E-state index contributed by atoms with van der Waals surface area (Å²) < 4.78 is 0. The molecule has 2 nitrogen and oxygen atoms in total. The highest BCUT2D eigenvalue weighted by Crippen LogP contribution is 2.41. The molecule has 1 aromatic carbocycles. The second-order valence-electron chi connectivity index (χ2n) is 5.49. The maximum atomic E-state index is 9.56. The monoisotopic (exact) mass is 265 g/mol. The van der Waals surface area contributed by atoms with Gasteiger partial charge in [0.25, 0.3) is 0 Å². The lowest BCUT2D eigenvalue weighted by Crippen LogP contribution is -2.43. The molecular weight excluding hydrogens is 246 g/mol. The van der Waals surface area contributed by atoms with E-state index in [0.717, 1.165) is 23.7 Å². The predicted molar refractivity (Wildman–Crippen MR) is 75.1 cm³/mol. The van der Waals surface area contributed by atoms with E-state index >= 15 is 0 Å². The van der Waals surface area contributed by atoms with E-state index < -0.39 is 0 Å². The molecule has 1 saturated carbocycles. The highest BCUT2D eigenvalue weighted by molar-refractivity contribution is 6.31. The number of nitrogens with zero attached hydrogens (tertiary/aromatic N) is 1. The summed E-state index contributed by atoms with van der Waals surface area (Å²) in [6.45, 7) is 1.14. The van der Waals surface area contributed by atoms with Gasteiger partial charge in [-0.1, -0.05) is 24.1 Å². The van der Waals surface area contributed by atoms with E-state index in [1.165, 1.54) is 32.1 Å². The van der Waals surface area contributed by atoms with Crippen LogP contribution in [-0.2, 0) is 6.61 Å². The van der Waals surface area contributed by atoms with Crippen LogP contribution < -0.4 is 4.90 Å². The number of rotatable bonds is 2. The van der Waals surface area contributed by atoms with Crippen molar-refractivity contribution in [2.75, 3.05) is 11.4 Å². The van der Waals surface area contributed by atoms with Crippen LogP contribution in [0.5, 0.6) is 0 Å². The van der Waals surface area contributed by atoms with Gasteiger partial charge in [-0.2, -0.15) is 0 Å². The van der Waals surface area contributed by atoms with E-state index in [4.69, 9.17) is 11.6 Å². The molecule has 1 aromatic rings. The van der Waals surface area contributed by atoms with E-state index in [1.807, 2.05) is 12.1 Å². The molecule has 98 valence electrons. The summed E-state index contributed by atoms with van der Waals surface area (Å²) in [5.41, 5.74) is 2.05. The highest BCUT2D eigenvalue weighted by atomic mass is 35.5. The summed E-state index contributed by atoms with van der Waals surface area (Å²) in [7, 11) is 0. The van der Waals surface area contributed by atoms with Gasteiger partial charge in [-0.15, -0.1) is 0 Å². The topological polar surface area (TPSA) is 23.5 Å². The van der Waals surface area contributed by atoms with Crippen molar-refractivity contribution >= 4 is 17.3 Å². The normalized spacial score (nSPS) is 27.3. The molecule has 1 aliphatic carbocycles. The standard InChI is InChI=1S/C15H20ClNO/c16-13-6-2-8-15(12(13)10-18)17-9-3-5-11-4-1-7-14(11)17/h2,6,8,11,14,18H,1,3-5,7,9-10H2. The smallest absolute Gasteiger partial charge is 0.0716 e. The quantitative estimate of drug-likeness (QED) is 0.883. The van der Waals surface area contributed by atoms with Crippen molar-refractivity contribution in [2.45, 2.75) is 44.8 Å². The first kappa shape index (κ1) is 12.3. The minimum absolute atomic E-state index is 0.0306. The van der Waals surface area contributed by atoms with Gasteiger partial charge in [0.15, 0.2) is 0 Å². The predicted octanol–water partition coefficient (Wildman–Crippen LogP) is 3.60. The second-order valence-corrected chi connectivity index (χ2v) is 5.90. The summed E-state index contributed by atoms with van der Waals surface area (Å²) in [6.07, 6.45) is 6.65. The van der Waals surface area contributed by atoms with E-state index in [1.54, 1.807) is 0 Å². The molecule has 1 N–H and O–H groups in total. The van der Waals surface area contributed by atoms with Crippen LogP contribution in [0, 0.1) is 5.92 Å². The lowest BCUT2D eigenvalue weighted by Gasteiger charge is -2.40. The zero-order valence-electron chi connectivity index (χ0n) is 10.6. The molecule has 1 saturated heterocycles. The van der Waals surface area contributed by atoms with Crippen LogP contribution in [0.4, 0.5) is 5.69 Å². The Kier molecular flexibility index (Phi) is 3.49. The number of piperidine rings is 1. The van der Waals surface area contributed by atoms with Crippen molar-refractivity contribution in [3.8, 4) is 0 Å². The lowest BCUT2D eigenvalue weighted by atomic mass is 9.91. The van der Waals surface area contributed by atoms with Crippen molar-refractivity contribution in [1.29, 1.82) is 0 Å². The molecular formula is C15H20ClNO. The van der Waals surface area contributed by atoms with Gasteiger partial charge in [0.05, 0.1) is 6.61 Å². The fraction of sp³-hybridized carbons (Fsp3) is 0.600. The molecule has 0 radical (unpaired) electrons. The molecule has 2 fully saturated rings. The van der Waals surface area contributed by atoms with Crippen LogP contribution in [-0.4, -0.2) is 17.7 Å². The molecule has 2 atom stereocenters. The number of benzene rings is 1. The third kappa shape index (κ3) is 2.02. The van der Waals surface area contributed by atoms with Crippen LogP contribution >= 0.6 is 11.6 Å². The van der Waals surface area contributed by atoms with Gasteiger partial charge in [0.2, 0.25) is 0 Å². The average molecular weight is 266 g/mol. The van der Waals surface area contributed by atoms with Crippen LogP contribution in [0.2, 0.25) is 5.02 Å². The number of fused-ring (bicyclic) bond motifs is 1. The Morgan fingerprint density at radius 2 is 2.06 bits per heavy atom. The van der Waals surface area contributed by atoms with Crippen molar-refractivity contribution in [1.82, 2.24) is 0 Å². The van der Waals surface area contributed by atoms with Gasteiger partial charge in [-0.3, -0.25) is 0 Å². The first-order valence-electron chi connectivity index (χ1n) is 6.96. The highest BCUT2D eigenvalue weighted by Gasteiger charge is 2.35. The summed E-state index contributed by atoms with van der Waals surface area (Å²) in [5, 5.41) is 10.2. The van der Waals surface area contributed by atoms with Crippen molar-refractivity contribution in [3.63, 3.8) is 0 Å². The van der Waals surface area contributed by atoms with Gasteiger partial charge in [0, 0.05) is 28.9 Å². The number of hydrogen-bond acceptors (Lipinski definition) is 2. The third-order valence-electron chi connectivity index (χ3n) is 4.55. The number of halogens is 1. The van der Waals surface area contributed by atoms with Gasteiger partial charge in [-0.25, -0.2) is 0 Å². The summed E-state index contributed by atoms with van der Waals surface area (Å²) in [5.74, 6) is 0.851. The fourth-order valence-corrected chi connectivity index (χ4v) is 3.96. The van der Waals surface area contributed by atoms with E-state index in [2.05, 4.69) is 11.0 Å². The molecule has 18 heavy (non-hydrogen) atoms. The van der Waals surface area contributed by atoms with Gasteiger partial charge in [-0.05, 0) is 43.7 Å². The molecule has 3 heteroatoms. The molecule has 0 bridgehead atoms. The third-order valence-corrected chi connectivity index (χ3v) is 4.91. The zero-order chi connectivity index (χ0) is 12.5. The lowest BCUT2D eigenvalue weighted by molar-refractivity contribution is 0.280. The molecule has 2 unspecified atom stereocenters. The maximum absolute atomic E-state index is 9.56. The van der Waals surface area contributed by atoms with E-state index in [0.29, 0.717) is 11.1 Å². The van der Waals surface area contributed by atoms with Crippen molar-refractivity contribution in [2.24, 2.45) is 5.92 Å². The fourth-order valence-electron chi connectivity index (χ4n) is 3.73. The first-order chi connectivity index (χ1) is 8.81. The Bertz CT molecular complexity index is 435. The van der Waals surface area contributed by atoms with Crippen molar-refractivity contribution in [3.05, 3.63) is 28.8 Å².